The van der Waals surface area contributed by atoms with E-state index < -0.39 is 5.97 Å². The Hall–Kier alpha value is -3.20. The number of nitrogens with zero attached hydrogens (tertiary/aromatic N) is 4. The number of hydrogen-bond donors (Lipinski definition) is 1. The lowest BCUT2D eigenvalue weighted by Gasteiger charge is -2.07. The predicted molar refractivity (Wildman–Crippen MR) is 70.5 cm³/mol. The Morgan fingerprint density at radius 3 is 2.80 bits per heavy atom. The molecule has 0 saturated heterocycles. The maximum Gasteiger partial charge on any atom is 0.356 e. The molecular formula is C14H8N4O2. The topological polar surface area (TPSA) is 91.8 Å². The average molecular weight is 264 g/mol. The van der Waals surface area contributed by atoms with Gasteiger partial charge in [0.05, 0.1) is 16.8 Å². The number of benzene rings is 1. The molecule has 0 aliphatic heterocycles. The quantitative estimate of drug-likeness (QED) is 0.764. The summed E-state index contributed by atoms with van der Waals surface area (Å²) in [7, 11) is 0. The first kappa shape index (κ1) is 11.9. The molecule has 6 heteroatoms. The number of pyridine rings is 1. The summed E-state index contributed by atoms with van der Waals surface area (Å²) in [6, 6.07) is 10.8. The second kappa shape index (κ2) is 4.48. The summed E-state index contributed by atoms with van der Waals surface area (Å²) in [5.74, 6) is -1.11. The molecule has 0 atom stereocenters. The van der Waals surface area contributed by atoms with Gasteiger partial charge in [-0.1, -0.05) is 18.2 Å². The molecule has 2 heterocycles. The second-order valence-electron chi connectivity index (χ2n) is 4.10. The van der Waals surface area contributed by atoms with Gasteiger partial charge in [0.15, 0.2) is 5.69 Å². The van der Waals surface area contributed by atoms with Crippen LogP contribution in [0.15, 0.2) is 42.7 Å². The highest BCUT2D eigenvalue weighted by molar-refractivity contribution is 5.90. The summed E-state index contributed by atoms with van der Waals surface area (Å²) in [6.07, 6.45) is 2.98. The van der Waals surface area contributed by atoms with Crippen LogP contribution >= 0.6 is 0 Å². The number of aromatic carboxylic acids is 1. The maximum atomic E-state index is 10.9. The standard InChI is InChI=1S/C14H8N4O2/c15-7-9-8-16-11-4-2-1-3-10(11)13(9)18-6-5-12(17-18)14(19)20/h1-6,8H,(H,19,20). The number of nitriles is 1. The number of rotatable bonds is 2. The number of para-hydroxylation sites is 1. The van der Waals surface area contributed by atoms with Gasteiger partial charge in [-0.2, -0.15) is 10.4 Å². The molecule has 2 aromatic heterocycles. The van der Waals surface area contributed by atoms with E-state index in [1.165, 1.54) is 23.1 Å². The van der Waals surface area contributed by atoms with E-state index in [0.29, 0.717) is 16.8 Å². The first-order valence-corrected chi connectivity index (χ1v) is 5.78. The third-order valence-electron chi connectivity index (χ3n) is 2.90. The van der Waals surface area contributed by atoms with Crippen molar-refractivity contribution in [2.45, 2.75) is 0 Å². The van der Waals surface area contributed by atoms with Crippen molar-refractivity contribution in [2.24, 2.45) is 0 Å². The Morgan fingerprint density at radius 1 is 1.30 bits per heavy atom. The molecule has 1 N–H and O–H groups in total. The fourth-order valence-corrected chi connectivity index (χ4v) is 2.02. The molecule has 0 unspecified atom stereocenters. The highest BCUT2D eigenvalue weighted by Crippen LogP contribution is 2.23. The van der Waals surface area contributed by atoms with Gasteiger partial charge in [-0.25, -0.2) is 9.48 Å². The fraction of sp³-hybridized carbons (Fsp3) is 0. The third-order valence-corrected chi connectivity index (χ3v) is 2.90. The van der Waals surface area contributed by atoms with Crippen molar-refractivity contribution in [3.05, 3.63) is 54.0 Å². The van der Waals surface area contributed by atoms with E-state index in [0.717, 1.165) is 5.39 Å². The number of hydrogen-bond acceptors (Lipinski definition) is 4. The molecule has 3 aromatic rings. The lowest BCUT2D eigenvalue weighted by Crippen LogP contribution is -2.04. The molecule has 0 radical (unpaired) electrons. The molecule has 0 amide bonds. The van der Waals surface area contributed by atoms with Crippen LogP contribution in [0, 0.1) is 11.3 Å². The Kier molecular flexibility index (Phi) is 2.66. The monoisotopic (exact) mass is 264 g/mol. The molecule has 6 nitrogen and oxygen atoms in total. The highest BCUT2D eigenvalue weighted by atomic mass is 16.4. The van der Waals surface area contributed by atoms with Crippen molar-refractivity contribution in [1.82, 2.24) is 14.8 Å². The van der Waals surface area contributed by atoms with Gasteiger partial charge >= 0.3 is 5.97 Å². The van der Waals surface area contributed by atoms with Crippen LogP contribution in [0.3, 0.4) is 0 Å². The average Bonchev–Trinajstić information content (AvgIpc) is 2.95. The van der Waals surface area contributed by atoms with Gasteiger partial charge in [-0.3, -0.25) is 4.98 Å². The summed E-state index contributed by atoms with van der Waals surface area (Å²) >= 11 is 0. The van der Waals surface area contributed by atoms with Crippen molar-refractivity contribution in [3.63, 3.8) is 0 Å². The van der Waals surface area contributed by atoms with E-state index in [2.05, 4.69) is 16.2 Å². The number of fused-ring (bicyclic) bond motifs is 1. The lowest BCUT2D eigenvalue weighted by molar-refractivity contribution is 0.0690. The summed E-state index contributed by atoms with van der Waals surface area (Å²) in [6.45, 7) is 0. The maximum absolute atomic E-state index is 10.9. The van der Waals surface area contributed by atoms with Crippen molar-refractivity contribution in [1.29, 1.82) is 5.26 Å². The second-order valence-corrected chi connectivity index (χ2v) is 4.10. The minimum Gasteiger partial charge on any atom is -0.476 e. The van der Waals surface area contributed by atoms with Crippen LogP contribution in [0.5, 0.6) is 0 Å². The lowest BCUT2D eigenvalue weighted by atomic mass is 10.1. The van der Waals surface area contributed by atoms with Crippen LogP contribution in [0.25, 0.3) is 16.6 Å². The summed E-state index contributed by atoms with van der Waals surface area (Å²) < 4.78 is 1.39. The molecule has 0 saturated carbocycles. The minimum atomic E-state index is -1.11. The molecular weight excluding hydrogens is 256 g/mol. The zero-order valence-electron chi connectivity index (χ0n) is 10.2. The summed E-state index contributed by atoms with van der Waals surface area (Å²) in [4.78, 5) is 15.1. The van der Waals surface area contributed by atoms with E-state index >= 15 is 0 Å². The van der Waals surface area contributed by atoms with Crippen LogP contribution in [-0.4, -0.2) is 25.8 Å². The van der Waals surface area contributed by atoms with E-state index in [9.17, 15) is 10.1 Å². The Morgan fingerprint density at radius 2 is 2.10 bits per heavy atom. The molecule has 0 aliphatic rings. The van der Waals surface area contributed by atoms with Crippen LogP contribution in [0.2, 0.25) is 0 Å². The number of aromatic nitrogens is 3. The summed E-state index contributed by atoms with van der Waals surface area (Å²) in [5, 5.41) is 22.9. The molecule has 20 heavy (non-hydrogen) atoms. The smallest absolute Gasteiger partial charge is 0.356 e. The zero-order valence-corrected chi connectivity index (χ0v) is 10.2. The minimum absolute atomic E-state index is 0.0743. The van der Waals surface area contributed by atoms with Crippen molar-refractivity contribution in [3.8, 4) is 11.8 Å². The van der Waals surface area contributed by atoms with Gasteiger partial charge in [0.2, 0.25) is 0 Å². The Bertz CT molecular complexity index is 861. The molecule has 0 spiro atoms. The van der Waals surface area contributed by atoms with Crippen LogP contribution in [0.4, 0.5) is 0 Å². The first-order chi connectivity index (χ1) is 9.70. The first-order valence-electron chi connectivity index (χ1n) is 5.78. The molecule has 0 fully saturated rings. The Balaban J connectivity index is 2.33. The van der Waals surface area contributed by atoms with Crippen molar-refractivity contribution >= 4 is 16.9 Å². The van der Waals surface area contributed by atoms with Crippen molar-refractivity contribution < 1.29 is 9.90 Å². The SMILES string of the molecule is N#Cc1cnc2ccccc2c1-n1ccc(C(=O)O)n1. The molecule has 0 aliphatic carbocycles. The van der Waals surface area contributed by atoms with Crippen LogP contribution in [-0.2, 0) is 0 Å². The number of carboxylic acids is 1. The van der Waals surface area contributed by atoms with E-state index in [4.69, 9.17) is 5.11 Å². The van der Waals surface area contributed by atoms with Gasteiger partial charge in [0, 0.05) is 17.8 Å². The van der Waals surface area contributed by atoms with Gasteiger partial charge in [-0.05, 0) is 12.1 Å². The van der Waals surface area contributed by atoms with Crippen molar-refractivity contribution in [2.75, 3.05) is 0 Å². The van der Waals surface area contributed by atoms with Crippen LogP contribution < -0.4 is 0 Å². The molecule has 1 aromatic carbocycles. The van der Waals surface area contributed by atoms with Crippen LogP contribution in [0.1, 0.15) is 16.1 Å². The van der Waals surface area contributed by atoms with E-state index in [1.54, 1.807) is 0 Å². The largest absolute Gasteiger partial charge is 0.476 e. The Labute approximate surface area is 113 Å². The molecule has 96 valence electrons. The third kappa shape index (κ3) is 1.78. The van der Waals surface area contributed by atoms with Gasteiger partial charge in [-0.15, -0.1) is 0 Å². The van der Waals surface area contributed by atoms with E-state index in [1.807, 2.05) is 24.3 Å². The predicted octanol–water partition coefficient (Wildman–Crippen LogP) is 1.99. The molecule has 0 bridgehead atoms. The molecule has 3 rings (SSSR count). The fourth-order valence-electron chi connectivity index (χ4n) is 2.02. The van der Waals surface area contributed by atoms with Gasteiger partial charge in [0.25, 0.3) is 0 Å². The number of carbonyl (C=O) groups is 1. The summed E-state index contributed by atoms with van der Waals surface area (Å²) in [5.41, 5.74) is 1.51. The number of carboxylic acid groups (broad SMARTS) is 1. The van der Waals surface area contributed by atoms with Gasteiger partial charge < -0.3 is 5.11 Å². The van der Waals surface area contributed by atoms with E-state index in [-0.39, 0.29) is 5.69 Å². The highest BCUT2D eigenvalue weighted by Gasteiger charge is 2.14. The van der Waals surface area contributed by atoms with Gasteiger partial charge in [0.1, 0.15) is 6.07 Å². The zero-order chi connectivity index (χ0) is 14.1. The normalized spacial score (nSPS) is 10.3.